The van der Waals surface area contributed by atoms with Crippen molar-refractivity contribution in [2.24, 2.45) is 0 Å². The van der Waals surface area contributed by atoms with E-state index in [1.54, 1.807) is 42.5 Å². The second-order valence-electron chi connectivity index (χ2n) is 5.49. The smallest absolute Gasteiger partial charge is 0.266 e. The number of terminal acetylenes is 1. The maximum Gasteiger partial charge on any atom is 0.266 e. The molecular formula is C22H20N2O4. The number of nitrogens with one attached hydrogen (secondary N) is 1. The zero-order valence-electron chi connectivity index (χ0n) is 15.7. The van der Waals surface area contributed by atoms with E-state index >= 15 is 0 Å². The van der Waals surface area contributed by atoms with Gasteiger partial charge < -0.3 is 19.5 Å². The third kappa shape index (κ3) is 5.55. The quantitative estimate of drug-likeness (QED) is 0.432. The van der Waals surface area contributed by atoms with Gasteiger partial charge in [0.25, 0.3) is 5.91 Å². The molecule has 0 unspecified atom stereocenters. The lowest BCUT2D eigenvalue weighted by Gasteiger charge is -2.10. The fourth-order valence-electron chi connectivity index (χ4n) is 2.36. The Balaban J connectivity index is 2.21. The predicted octanol–water partition coefficient (Wildman–Crippen LogP) is 3.65. The summed E-state index contributed by atoms with van der Waals surface area (Å²) < 4.78 is 16.1. The van der Waals surface area contributed by atoms with Crippen LogP contribution in [0.3, 0.4) is 0 Å². The summed E-state index contributed by atoms with van der Waals surface area (Å²) >= 11 is 0. The summed E-state index contributed by atoms with van der Waals surface area (Å²) in [6.45, 7) is 2.50. The minimum Gasteiger partial charge on any atom is -0.494 e. The van der Waals surface area contributed by atoms with Crippen molar-refractivity contribution in [2.45, 2.75) is 6.92 Å². The number of hydrogen-bond donors (Lipinski definition) is 1. The summed E-state index contributed by atoms with van der Waals surface area (Å²) in [4.78, 5) is 12.5. The molecule has 142 valence electrons. The van der Waals surface area contributed by atoms with E-state index in [4.69, 9.17) is 20.6 Å². The zero-order chi connectivity index (χ0) is 20.4. The summed E-state index contributed by atoms with van der Waals surface area (Å²) in [6.07, 6.45) is 6.66. The normalized spacial score (nSPS) is 10.4. The van der Waals surface area contributed by atoms with E-state index in [1.165, 1.54) is 13.2 Å². The Labute approximate surface area is 164 Å². The van der Waals surface area contributed by atoms with Crippen LogP contribution in [0.1, 0.15) is 12.5 Å². The van der Waals surface area contributed by atoms with Gasteiger partial charge in [0.05, 0.1) is 13.7 Å². The van der Waals surface area contributed by atoms with Gasteiger partial charge in [-0.3, -0.25) is 4.79 Å². The first-order chi connectivity index (χ1) is 13.6. The zero-order valence-corrected chi connectivity index (χ0v) is 15.7. The van der Waals surface area contributed by atoms with Gasteiger partial charge in [0.15, 0.2) is 11.5 Å². The van der Waals surface area contributed by atoms with Crippen molar-refractivity contribution in [3.05, 3.63) is 53.6 Å². The van der Waals surface area contributed by atoms with Crippen LogP contribution in [0.25, 0.3) is 6.08 Å². The molecule has 0 spiro atoms. The van der Waals surface area contributed by atoms with Gasteiger partial charge in [0, 0.05) is 11.8 Å². The van der Waals surface area contributed by atoms with Crippen LogP contribution in [0.4, 0.5) is 5.69 Å². The van der Waals surface area contributed by atoms with E-state index in [2.05, 4.69) is 11.2 Å². The lowest BCUT2D eigenvalue weighted by Crippen LogP contribution is -2.13. The second-order valence-corrected chi connectivity index (χ2v) is 5.49. The van der Waals surface area contributed by atoms with Crippen molar-refractivity contribution in [1.29, 1.82) is 5.26 Å². The molecular weight excluding hydrogens is 356 g/mol. The van der Waals surface area contributed by atoms with Crippen LogP contribution in [0.5, 0.6) is 17.2 Å². The number of hydrogen-bond acceptors (Lipinski definition) is 5. The number of ether oxygens (including phenoxy) is 3. The number of nitriles is 1. The van der Waals surface area contributed by atoms with Gasteiger partial charge in [0.2, 0.25) is 0 Å². The number of carbonyl (C=O) groups excluding carboxylic acids is 1. The fraction of sp³-hybridized carbons (Fsp3) is 0.182. The summed E-state index contributed by atoms with van der Waals surface area (Å²) in [5.74, 6) is 3.42. The molecule has 0 aliphatic heterocycles. The molecule has 0 bridgehead atoms. The van der Waals surface area contributed by atoms with Crippen LogP contribution in [0, 0.1) is 23.7 Å². The number of methoxy groups -OCH3 is 1. The summed E-state index contributed by atoms with van der Waals surface area (Å²) in [7, 11) is 1.49. The number of nitrogens with zero attached hydrogens (tertiary/aromatic N) is 1. The molecule has 1 N–H and O–H groups in total. The van der Waals surface area contributed by atoms with E-state index in [0.717, 1.165) is 0 Å². The van der Waals surface area contributed by atoms with E-state index < -0.39 is 5.91 Å². The summed E-state index contributed by atoms with van der Waals surface area (Å²) in [5.41, 5.74) is 1.09. The number of carbonyl (C=O) groups is 1. The van der Waals surface area contributed by atoms with Gasteiger partial charge in [-0.2, -0.15) is 5.26 Å². The third-order valence-corrected chi connectivity index (χ3v) is 3.58. The fourth-order valence-corrected chi connectivity index (χ4v) is 2.36. The van der Waals surface area contributed by atoms with Gasteiger partial charge in [-0.05, 0) is 42.8 Å². The van der Waals surface area contributed by atoms with Crippen LogP contribution >= 0.6 is 0 Å². The lowest BCUT2D eigenvalue weighted by atomic mass is 10.1. The summed E-state index contributed by atoms with van der Waals surface area (Å²) in [5, 5.41) is 12.1. The number of benzene rings is 2. The second kappa shape index (κ2) is 10.3. The average molecular weight is 376 g/mol. The molecule has 1 amide bonds. The van der Waals surface area contributed by atoms with E-state index in [9.17, 15) is 10.1 Å². The van der Waals surface area contributed by atoms with E-state index in [-0.39, 0.29) is 12.2 Å². The first-order valence-corrected chi connectivity index (χ1v) is 8.51. The molecule has 0 saturated heterocycles. The monoisotopic (exact) mass is 376 g/mol. The molecule has 2 rings (SSSR count). The average Bonchev–Trinajstić information content (AvgIpc) is 2.71. The summed E-state index contributed by atoms with van der Waals surface area (Å²) in [6, 6.07) is 13.9. The first-order valence-electron chi connectivity index (χ1n) is 8.51. The van der Waals surface area contributed by atoms with Crippen LogP contribution in [-0.2, 0) is 4.79 Å². The van der Waals surface area contributed by atoms with Gasteiger partial charge in [-0.1, -0.05) is 18.1 Å². The van der Waals surface area contributed by atoms with Crippen molar-refractivity contribution in [2.75, 3.05) is 25.6 Å². The molecule has 0 aromatic heterocycles. The van der Waals surface area contributed by atoms with Crippen LogP contribution in [-0.4, -0.2) is 26.2 Å². The SMILES string of the molecule is C#CCOc1ccc(/C=C(/C#N)C(=O)Nc2cccc(OCC)c2)cc1OC. The molecule has 2 aromatic carbocycles. The Bertz CT molecular complexity index is 952. The highest BCUT2D eigenvalue weighted by atomic mass is 16.5. The predicted molar refractivity (Wildman–Crippen MR) is 107 cm³/mol. The van der Waals surface area contributed by atoms with Gasteiger partial charge >= 0.3 is 0 Å². The highest BCUT2D eigenvalue weighted by Gasteiger charge is 2.11. The molecule has 0 heterocycles. The first kappa shape index (κ1) is 20.4. The number of anilines is 1. The third-order valence-electron chi connectivity index (χ3n) is 3.58. The van der Waals surface area contributed by atoms with Crippen molar-refractivity contribution in [1.82, 2.24) is 0 Å². The van der Waals surface area contributed by atoms with Crippen molar-refractivity contribution in [3.63, 3.8) is 0 Å². The Kier molecular flexibility index (Phi) is 7.51. The molecule has 0 atom stereocenters. The molecule has 6 nitrogen and oxygen atoms in total. The van der Waals surface area contributed by atoms with Crippen molar-refractivity contribution < 1.29 is 19.0 Å². The Morgan fingerprint density at radius 2 is 2.04 bits per heavy atom. The van der Waals surface area contributed by atoms with Gasteiger partial charge in [-0.25, -0.2) is 0 Å². The van der Waals surface area contributed by atoms with E-state index in [1.807, 2.05) is 13.0 Å². The Morgan fingerprint density at radius 1 is 1.21 bits per heavy atom. The van der Waals surface area contributed by atoms with E-state index in [0.29, 0.717) is 35.1 Å². The maximum absolute atomic E-state index is 12.5. The minimum absolute atomic E-state index is 0.0545. The molecule has 0 fully saturated rings. The largest absolute Gasteiger partial charge is 0.494 e. The van der Waals surface area contributed by atoms with Crippen molar-refractivity contribution in [3.8, 4) is 35.7 Å². The molecule has 0 aliphatic carbocycles. The molecule has 0 radical (unpaired) electrons. The highest BCUT2D eigenvalue weighted by molar-refractivity contribution is 6.09. The Hall–Kier alpha value is -3.90. The standard InChI is InChI=1S/C22H20N2O4/c1-4-11-28-20-10-9-16(13-21(20)26-3)12-17(15-23)22(25)24-18-7-6-8-19(14-18)27-5-2/h1,6-10,12-14H,5,11H2,2-3H3,(H,24,25)/b17-12-. The molecule has 0 aliphatic rings. The lowest BCUT2D eigenvalue weighted by molar-refractivity contribution is -0.112. The maximum atomic E-state index is 12.5. The van der Waals surface area contributed by atoms with Crippen molar-refractivity contribution >= 4 is 17.7 Å². The number of rotatable bonds is 8. The highest BCUT2D eigenvalue weighted by Crippen LogP contribution is 2.29. The number of amides is 1. The molecule has 0 saturated carbocycles. The molecule has 2 aromatic rings. The minimum atomic E-state index is -0.525. The molecule has 6 heteroatoms. The van der Waals surface area contributed by atoms with Gasteiger partial charge in [0.1, 0.15) is 24.0 Å². The molecule has 28 heavy (non-hydrogen) atoms. The van der Waals surface area contributed by atoms with Crippen LogP contribution < -0.4 is 19.5 Å². The van der Waals surface area contributed by atoms with Crippen LogP contribution in [0.15, 0.2) is 48.0 Å². The topological polar surface area (TPSA) is 80.6 Å². The van der Waals surface area contributed by atoms with Gasteiger partial charge in [-0.15, -0.1) is 6.42 Å². The van der Waals surface area contributed by atoms with Crippen LogP contribution in [0.2, 0.25) is 0 Å². The Morgan fingerprint density at radius 3 is 2.71 bits per heavy atom.